The van der Waals surface area contributed by atoms with E-state index in [9.17, 15) is 14.4 Å². The van der Waals surface area contributed by atoms with Crippen molar-refractivity contribution in [3.05, 3.63) is 124 Å². The van der Waals surface area contributed by atoms with E-state index in [1.54, 1.807) is 5.57 Å². The highest BCUT2D eigenvalue weighted by Gasteiger charge is 2.42. The quantitative estimate of drug-likeness (QED) is 0.132. The van der Waals surface area contributed by atoms with Crippen molar-refractivity contribution in [2.24, 2.45) is 23.5 Å². The number of nitrogens with zero attached hydrogens (tertiary/aromatic N) is 2. The van der Waals surface area contributed by atoms with Gasteiger partial charge in [0.05, 0.1) is 6.54 Å². The molecule has 6 fully saturated rings. The molecule has 11 nitrogen and oxygen atoms in total. The molecule has 3 aliphatic carbocycles. The fourth-order valence-electron chi connectivity index (χ4n) is 9.83. The molecule has 8 atom stereocenters. The van der Waals surface area contributed by atoms with E-state index in [0.29, 0.717) is 49.0 Å². The molecule has 0 bridgehead atoms. The van der Waals surface area contributed by atoms with Crippen LogP contribution in [0.1, 0.15) is 137 Å². The second kappa shape index (κ2) is 31.3. The molecular formula is C61H91Cl3N6O5. The first-order chi connectivity index (χ1) is 34.4. The second-order valence-electron chi connectivity index (χ2n) is 22.5. The Morgan fingerprint density at radius 3 is 1.39 bits per heavy atom. The van der Waals surface area contributed by atoms with Gasteiger partial charge in [0.1, 0.15) is 11.2 Å². The molecule has 3 saturated heterocycles. The fraction of sp³-hybridized carbons (Fsp3) is 0.557. The maximum atomic E-state index is 12.2. The molecule has 3 aliphatic heterocycles. The first-order valence-electron chi connectivity index (χ1n) is 27.1. The van der Waals surface area contributed by atoms with E-state index in [1.165, 1.54) is 71.4 Å². The number of nitrogens with one attached hydrogen (secondary N) is 3. The molecule has 2 amide bonds. The minimum Gasteiger partial charge on any atom is -0.444 e. The van der Waals surface area contributed by atoms with E-state index in [-0.39, 0.29) is 55.6 Å². The summed E-state index contributed by atoms with van der Waals surface area (Å²) in [6, 6.07) is 34.5. The summed E-state index contributed by atoms with van der Waals surface area (Å²) < 4.78 is 10.6. The van der Waals surface area contributed by atoms with Gasteiger partial charge in [0, 0.05) is 62.8 Å². The number of carbonyl (C=O) groups excluding carboxylic acids is 3. The van der Waals surface area contributed by atoms with Crippen LogP contribution in [0.15, 0.2) is 108 Å². The minimum absolute atomic E-state index is 0. The van der Waals surface area contributed by atoms with Gasteiger partial charge in [-0.2, -0.15) is 0 Å². The van der Waals surface area contributed by atoms with Gasteiger partial charge in [-0.1, -0.05) is 147 Å². The minimum atomic E-state index is -0.483. The normalized spacial score (nSPS) is 24.8. The third kappa shape index (κ3) is 22.7. The second-order valence-corrected chi connectivity index (χ2v) is 22.5. The van der Waals surface area contributed by atoms with Crippen LogP contribution in [0.5, 0.6) is 0 Å². The Bertz CT molecular complexity index is 2280. The molecule has 3 aromatic carbocycles. The van der Waals surface area contributed by atoms with Crippen LogP contribution < -0.4 is 21.7 Å². The highest BCUT2D eigenvalue weighted by Crippen LogP contribution is 2.42. The smallest absolute Gasteiger partial charge is 0.410 e. The summed E-state index contributed by atoms with van der Waals surface area (Å²) in [5, 5.41) is 11.0. The molecule has 9 rings (SSSR count). The molecule has 3 heterocycles. The van der Waals surface area contributed by atoms with E-state index in [1.807, 2.05) is 52.5 Å². The predicted octanol–water partition coefficient (Wildman–Crippen LogP) is 12.6. The van der Waals surface area contributed by atoms with Crippen molar-refractivity contribution in [3.8, 4) is 0 Å². The molecule has 75 heavy (non-hydrogen) atoms. The number of rotatable bonds is 13. The van der Waals surface area contributed by atoms with Crippen LogP contribution in [-0.2, 0) is 14.3 Å². The van der Waals surface area contributed by atoms with Crippen LogP contribution in [-0.4, -0.2) is 108 Å². The molecule has 3 aromatic rings. The zero-order valence-corrected chi connectivity index (χ0v) is 48.8. The molecule has 0 spiro atoms. The topological polar surface area (TPSA) is 138 Å². The average Bonchev–Trinajstić information content (AvgIpc) is 4.26. The van der Waals surface area contributed by atoms with Crippen LogP contribution in [0.25, 0.3) is 18.2 Å². The number of hydrogen-bond donors (Lipinski definition) is 4. The lowest BCUT2D eigenvalue weighted by Crippen LogP contribution is -2.39. The summed E-state index contributed by atoms with van der Waals surface area (Å²) in [4.78, 5) is 37.7. The van der Waals surface area contributed by atoms with Crippen molar-refractivity contribution >= 4 is 73.4 Å². The molecule has 14 heteroatoms. The number of nitrogens with two attached hydrogens (primary N) is 1. The maximum absolute atomic E-state index is 12.2. The number of likely N-dealkylation sites (tertiary alicyclic amines) is 2. The molecule has 0 radical (unpaired) electrons. The third-order valence-electron chi connectivity index (χ3n) is 14.0. The van der Waals surface area contributed by atoms with E-state index < -0.39 is 17.3 Å². The summed E-state index contributed by atoms with van der Waals surface area (Å²) in [5.41, 5.74) is 13.5. The summed E-state index contributed by atoms with van der Waals surface area (Å²) in [7, 11) is 0. The Kier molecular flexibility index (Phi) is 27.1. The predicted molar refractivity (Wildman–Crippen MR) is 317 cm³/mol. The van der Waals surface area contributed by atoms with Crippen LogP contribution in [0.4, 0.5) is 9.59 Å². The monoisotopic (exact) mass is 1090 g/mol. The molecule has 3 saturated carbocycles. The zero-order valence-electron chi connectivity index (χ0n) is 46.4. The molecule has 2 unspecified atom stereocenters. The number of halogens is 3. The van der Waals surface area contributed by atoms with E-state index in [4.69, 9.17) is 15.2 Å². The lowest BCUT2D eigenvalue weighted by atomic mass is 10.0. The van der Waals surface area contributed by atoms with Crippen molar-refractivity contribution in [1.82, 2.24) is 25.8 Å². The van der Waals surface area contributed by atoms with Crippen molar-refractivity contribution in [2.75, 3.05) is 39.3 Å². The number of ether oxygens (including phenoxy) is 2. The number of hydrogen-bond acceptors (Lipinski definition) is 9. The largest absolute Gasteiger partial charge is 0.444 e. The van der Waals surface area contributed by atoms with Gasteiger partial charge >= 0.3 is 12.2 Å². The van der Waals surface area contributed by atoms with Crippen molar-refractivity contribution in [2.45, 2.75) is 162 Å². The lowest BCUT2D eigenvalue weighted by Gasteiger charge is -2.24. The maximum Gasteiger partial charge on any atom is 0.410 e. The third-order valence-corrected chi connectivity index (χ3v) is 14.0. The highest BCUT2D eigenvalue weighted by molar-refractivity contribution is 5.87. The first kappa shape index (κ1) is 65.1. The van der Waals surface area contributed by atoms with Crippen LogP contribution in [0, 0.1) is 17.8 Å². The van der Waals surface area contributed by atoms with Gasteiger partial charge in [0.25, 0.3) is 0 Å². The Morgan fingerprint density at radius 1 is 0.613 bits per heavy atom. The molecule has 416 valence electrons. The van der Waals surface area contributed by atoms with Gasteiger partial charge < -0.3 is 41.0 Å². The average molecular weight is 1090 g/mol. The number of benzene rings is 3. The summed E-state index contributed by atoms with van der Waals surface area (Å²) in [6.45, 7) is 22.4. The Balaban J connectivity index is 0.000000270. The van der Waals surface area contributed by atoms with Gasteiger partial charge in [0.15, 0.2) is 5.78 Å². The SMILES string of the molecule is CC(C)(C)OC(=O)N1CCC(=O)C1.CC/C(=C\c1ccccc1)[C@@H]1C[C@H]1N.CC/C(=C\c1ccccc1)[C@@H]1C[C@H]1NC1CCN(C(=O)OC(C)(C)C)C1.CC/C(=C\c1ccccc1)[C@@H]1C[C@H]1NC1CCNC1.Cl.Cl.Cl. The zero-order chi connectivity index (χ0) is 51.8. The lowest BCUT2D eigenvalue weighted by molar-refractivity contribution is -0.117. The molecular weight excluding hydrogens is 1000 g/mol. The van der Waals surface area contributed by atoms with Crippen LogP contribution in [0.2, 0.25) is 0 Å². The Labute approximate surface area is 469 Å². The van der Waals surface area contributed by atoms with E-state index in [0.717, 1.165) is 50.9 Å². The van der Waals surface area contributed by atoms with Gasteiger partial charge in [-0.3, -0.25) is 4.79 Å². The van der Waals surface area contributed by atoms with E-state index in [2.05, 4.69) is 140 Å². The summed E-state index contributed by atoms with van der Waals surface area (Å²) in [6.07, 6.45) is 16.3. The van der Waals surface area contributed by atoms with Gasteiger partial charge in [-0.05, 0) is 134 Å². The molecule has 6 aliphatic rings. The van der Waals surface area contributed by atoms with Crippen molar-refractivity contribution < 1.29 is 23.9 Å². The Morgan fingerprint density at radius 2 is 1.03 bits per heavy atom. The van der Waals surface area contributed by atoms with E-state index >= 15 is 0 Å². The Hall–Kier alpha value is -4.20. The van der Waals surface area contributed by atoms with Gasteiger partial charge in [-0.25, -0.2) is 9.59 Å². The van der Waals surface area contributed by atoms with Crippen LogP contribution in [0.3, 0.4) is 0 Å². The number of amides is 2. The highest BCUT2D eigenvalue weighted by atomic mass is 35.5. The fourth-order valence-corrected chi connectivity index (χ4v) is 9.83. The molecule has 5 N–H and O–H groups in total. The first-order valence-corrected chi connectivity index (χ1v) is 27.1. The standard InChI is InChI=1S/C22H32N2O2.C17H24N2.C13H17N.C9H15NO3.3ClH/c1-5-17(13-16-9-7-6-8-10-16)19-14-20(19)23-18-11-12-24(15-18)21(25)26-22(2,3)4;1-2-14(10-13-6-4-3-5-7-13)16-11-17(16)19-15-8-9-18-12-15;1-2-11(12-9-13(12)14)8-10-6-4-3-5-7-10;1-9(2,3)13-8(12)10-5-4-7(11)6-10;;;/h6-10,13,18-20,23H,5,11-12,14-15H2,1-4H3;3-7,10,15-19H,2,8-9,11-12H2,1H3;3-8,12-13H,2,9,14H2,1H3;4-6H2,1-3H3;3*1H/b17-13+;14-10+;11-8+;;;;/t18?,19-,20+;15?,16-,17+;12-,13+;;;;/m000..../s1. The molecule has 0 aromatic heterocycles. The number of carbonyl (C=O) groups is 3. The van der Waals surface area contributed by atoms with Crippen LogP contribution >= 0.6 is 37.2 Å². The van der Waals surface area contributed by atoms with Crippen molar-refractivity contribution in [3.63, 3.8) is 0 Å². The number of Topliss-reactive ketones (excluding diaryl/α,β-unsaturated/α-hetero) is 1. The van der Waals surface area contributed by atoms with Gasteiger partial charge in [0.2, 0.25) is 0 Å². The number of ketones is 1. The summed E-state index contributed by atoms with van der Waals surface area (Å²) in [5.74, 6) is 2.16. The van der Waals surface area contributed by atoms with Gasteiger partial charge in [-0.15, -0.1) is 37.2 Å². The summed E-state index contributed by atoms with van der Waals surface area (Å²) >= 11 is 0. The van der Waals surface area contributed by atoms with Crippen molar-refractivity contribution in [1.29, 1.82) is 0 Å².